The highest BCUT2D eigenvalue weighted by Gasteiger charge is 2.20. The zero-order valence-electron chi connectivity index (χ0n) is 11.8. The fourth-order valence-electron chi connectivity index (χ4n) is 3.17. The van der Waals surface area contributed by atoms with Crippen LogP contribution in [0.5, 0.6) is 0 Å². The molecule has 0 saturated heterocycles. The van der Waals surface area contributed by atoms with E-state index in [1.165, 1.54) is 44.9 Å². The fourth-order valence-corrected chi connectivity index (χ4v) is 3.17. The van der Waals surface area contributed by atoms with Gasteiger partial charge in [0.1, 0.15) is 0 Å². The molecule has 1 rings (SSSR count). The minimum Gasteiger partial charge on any atom is -0.311 e. The first-order valence-electron chi connectivity index (χ1n) is 7.35. The summed E-state index contributed by atoms with van der Waals surface area (Å²) in [6, 6.07) is 1.39. The van der Waals surface area contributed by atoms with Crippen molar-refractivity contribution in [3.63, 3.8) is 0 Å². The lowest BCUT2D eigenvalue weighted by Gasteiger charge is -2.28. The maximum Gasteiger partial charge on any atom is 0.00694 e. The predicted molar refractivity (Wildman–Crippen MR) is 72.7 cm³/mol. The average Bonchev–Trinajstić information content (AvgIpc) is 2.43. The SMILES string of the molecule is CC(C)CC(C)N[C@@H](C)C1CCCCCC1. The molecule has 1 nitrogen and oxygen atoms in total. The Bertz CT molecular complexity index is 168. The highest BCUT2D eigenvalue weighted by atomic mass is 14.9. The van der Waals surface area contributed by atoms with Crippen molar-refractivity contribution in [1.82, 2.24) is 5.32 Å². The first kappa shape index (κ1) is 14.0. The van der Waals surface area contributed by atoms with E-state index in [0.717, 1.165) is 11.8 Å². The minimum absolute atomic E-state index is 0.679. The molecule has 96 valence electrons. The Balaban J connectivity index is 2.29. The average molecular weight is 225 g/mol. The standard InChI is InChI=1S/C15H31N/c1-12(2)11-13(3)16-14(4)15-9-7-5-6-8-10-15/h12-16H,5-11H2,1-4H3/t13?,14-/m0/s1. The molecule has 2 atom stereocenters. The van der Waals surface area contributed by atoms with Crippen LogP contribution in [0.3, 0.4) is 0 Å². The third-order valence-electron chi connectivity index (χ3n) is 3.98. The molecular formula is C15H31N. The summed E-state index contributed by atoms with van der Waals surface area (Å²) in [5.74, 6) is 1.74. The van der Waals surface area contributed by atoms with Gasteiger partial charge >= 0.3 is 0 Å². The molecule has 1 saturated carbocycles. The Hall–Kier alpha value is -0.0400. The number of nitrogens with one attached hydrogen (secondary N) is 1. The molecule has 1 fully saturated rings. The van der Waals surface area contributed by atoms with Gasteiger partial charge in [-0.3, -0.25) is 0 Å². The zero-order chi connectivity index (χ0) is 12.0. The lowest BCUT2D eigenvalue weighted by molar-refractivity contribution is 0.298. The van der Waals surface area contributed by atoms with Gasteiger partial charge in [-0.1, -0.05) is 39.5 Å². The Labute approximate surface area is 102 Å². The smallest absolute Gasteiger partial charge is 0.00694 e. The molecule has 1 heteroatoms. The van der Waals surface area contributed by atoms with Gasteiger partial charge in [0.05, 0.1) is 0 Å². The summed E-state index contributed by atoms with van der Waals surface area (Å²) in [4.78, 5) is 0. The van der Waals surface area contributed by atoms with Crippen molar-refractivity contribution < 1.29 is 0 Å². The van der Waals surface area contributed by atoms with Crippen LogP contribution >= 0.6 is 0 Å². The minimum atomic E-state index is 0.679. The molecule has 1 aliphatic carbocycles. The normalized spacial score (nSPS) is 23.1. The van der Waals surface area contributed by atoms with Gasteiger partial charge in [0.25, 0.3) is 0 Å². The molecule has 1 aliphatic rings. The summed E-state index contributed by atoms with van der Waals surface area (Å²) >= 11 is 0. The maximum atomic E-state index is 3.81. The topological polar surface area (TPSA) is 12.0 Å². The summed E-state index contributed by atoms with van der Waals surface area (Å²) in [6.45, 7) is 9.36. The van der Waals surface area contributed by atoms with Gasteiger partial charge in [0, 0.05) is 12.1 Å². The van der Waals surface area contributed by atoms with Crippen molar-refractivity contribution in [1.29, 1.82) is 0 Å². The largest absolute Gasteiger partial charge is 0.311 e. The lowest BCUT2D eigenvalue weighted by atomic mass is 9.92. The van der Waals surface area contributed by atoms with Crippen LogP contribution in [0.25, 0.3) is 0 Å². The number of rotatable bonds is 5. The van der Waals surface area contributed by atoms with Crippen LogP contribution in [-0.4, -0.2) is 12.1 Å². The summed E-state index contributed by atoms with van der Waals surface area (Å²) < 4.78 is 0. The molecule has 0 amide bonds. The van der Waals surface area contributed by atoms with Crippen molar-refractivity contribution in [2.45, 2.75) is 84.7 Å². The summed E-state index contributed by atoms with van der Waals surface area (Å²) in [6.07, 6.45) is 10.0. The summed E-state index contributed by atoms with van der Waals surface area (Å²) in [5.41, 5.74) is 0. The molecule has 0 aromatic heterocycles. The molecule has 0 aliphatic heterocycles. The summed E-state index contributed by atoms with van der Waals surface area (Å²) in [7, 11) is 0. The highest BCUT2D eigenvalue weighted by Crippen LogP contribution is 2.25. The Morgan fingerprint density at radius 3 is 2.00 bits per heavy atom. The van der Waals surface area contributed by atoms with E-state index >= 15 is 0 Å². The molecule has 1 N–H and O–H groups in total. The number of hydrogen-bond acceptors (Lipinski definition) is 1. The van der Waals surface area contributed by atoms with Gasteiger partial charge in [-0.05, 0) is 44.9 Å². The lowest BCUT2D eigenvalue weighted by Crippen LogP contribution is -2.40. The quantitative estimate of drug-likeness (QED) is 0.685. The van der Waals surface area contributed by atoms with E-state index in [1.54, 1.807) is 0 Å². The van der Waals surface area contributed by atoms with E-state index in [2.05, 4.69) is 33.0 Å². The van der Waals surface area contributed by atoms with Gasteiger partial charge in [-0.25, -0.2) is 0 Å². The third kappa shape index (κ3) is 5.34. The van der Waals surface area contributed by atoms with E-state index in [-0.39, 0.29) is 0 Å². The van der Waals surface area contributed by atoms with E-state index in [9.17, 15) is 0 Å². The highest BCUT2D eigenvalue weighted by molar-refractivity contribution is 4.77. The van der Waals surface area contributed by atoms with Gasteiger partial charge in [0.2, 0.25) is 0 Å². The van der Waals surface area contributed by atoms with Crippen LogP contribution < -0.4 is 5.32 Å². The third-order valence-corrected chi connectivity index (χ3v) is 3.98. The van der Waals surface area contributed by atoms with Crippen molar-refractivity contribution in [2.24, 2.45) is 11.8 Å². The second-order valence-electron chi connectivity index (χ2n) is 6.24. The van der Waals surface area contributed by atoms with Crippen LogP contribution in [0.4, 0.5) is 0 Å². The Morgan fingerprint density at radius 2 is 1.50 bits per heavy atom. The van der Waals surface area contributed by atoms with Crippen molar-refractivity contribution in [3.8, 4) is 0 Å². The molecule has 0 spiro atoms. The Morgan fingerprint density at radius 1 is 0.938 bits per heavy atom. The monoisotopic (exact) mass is 225 g/mol. The summed E-state index contributed by atoms with van der Waals surface area (Å²) in [5, 5.41) is 3.81. The first-order chi connectivity index (χ1) is 7.59. The van der Waals surface area contributed by atoms with Crippen LogP contribution in [-0.2, 0) is 0 Å². The van der Waals surface area contributed by atoms with Crippen molar-refractivity contribution >= 4 is 0 Å². The van der Waals surface area contributed by atoms with Crippen molar-refractivity contribution in [2.75, 3.05) is 0 Å². The van der Waals surface area contributed by atoms with Crippen LogP contribution in [0, 0.1) is 11.8 Å². The molecular weight excluding hydrogens is 194 g/mol. The van der Waals surface area contributed by atoms with Gasteiger partial charge < -0.3 is 5.32 Å². The fraction of sp³-hybridized carbons (Fsp3) is 1.00. The molecule has 0 radical (unpaired) electrons. The van der Waals surface area contributed by atoms with Crippen LogP contribution in [0.2, 0.25) is 0 Å². The second-order valence-corrected chi connectivity index (χ2v) is 6.24. The van der Waals surface area contributed by atoms with E-state index < -0.39 is 0 Å². The Kier molecular flexibility index (Phi) is 6.41. The zero-order valence-corrected chi connectivity index (χ0v) is 11.8. The second kappa shape index (κ2) is 7.32. The molecule has 0 heterocycles. The van der Waals surface area contributed by atoms with E-state index in [4.69, 9.17) is 0 Å². The molecule has 0 bridgehead atoms. The first-order valence-corrected chi connectivity index (χ1v) is 7.35. The predicted octanol–water partition coefficient (Wildman–Crippen LogP) is 4.37. The van der Waals surface area contributed by atoms with Crippen LogP contribution in [0.1, 0.15) is 72.6 Å². The van der Waals surface area contributed by atoms with Crippen LogP contribution in [0.15, 0.2) is 0 Å². The molecule has 1 unspecified atom stereocenters. The van der Waals surface area contributed by atoms with Gasteiger partial charge in [-0.15, -0.1) is 0 Å². The maximum absolute atomic E-state index is 3.81. The molecule has 0 aromatic rings. The molecule has 0 aromatic carbocycles. The van der Waals surface area contributed by atoms with Crippen molar-refractivity contribution in [3.05, 3.63) is 0 Å². The molecule has 16 heavy (non-hydrogen) atoms. The van der Waals surface area contributed by atoms with E-state index in [1.807, 2.05) is 0 Å². The van der Waals surface area contributed by atoms with Gasteiger partial charge in [0.15, 0.2) is 0 Å². The van der Waals surface area contributed by atoms with Gasteiger partial charge in [-0.2, -0.15) is 0 Å². The van der Waals surface area contributed by atoms with E-state index in [0.29, 0.717) is 12.1 Å². The number of hydrogen-bond donors (Lipinski definition) is 1.